The maximum Gasteiger partial charge on any atom is 0.283 e. The van der Waals surface area contributed by atoms with E-state index in [9.17, 15) is 9.59 Å². The van der Waals surface area contributed by atoms with E-state index in [0.29, 0.717) is 17.2 Å². The zero-order chi connectivity index (χ0) is 19.1. The van der Waals surface area contributed by atoms with Gasteiger partial charge in [-0.1, -0.05) is 37.6 Å². The molecule has 1 atom stereocenters. The Kier molecular flexibility index (Phi) is 6.14. The fourth-order valence-corrected chi connectivity index (χ4v) is 2.59. The molecule has 3 rings (SSSR count). The van der Waals surface area contributed by atoms with Gasteiger partial charge in [0, 0.05) is 0 Å². The second-order valence-electron chi connectivity index (χ2n) is 6.08. The molecule has 2 aromatic rings. The first-order chi connectivity index (χ1) is 13.2. The minimum atomic E-state index is -0.841. The summed E-state index contributed by atoms with van der Waals surface area (Å²) in [5.74, 6) is 0.700. The highest BCUT2D eigenvalue weighted by molar-refractivity contribution is 5.85. The summed E-state index contributed by atoms with van der Waals surface area (Å²) in [5.41, 5.74) is 5.85. The van der Waals surface area contributed by atoms with Crippen LogP contribution >= 0.6 is 0 Å². The Balaban J connectivity index is 1.40. The van der Waals surface area contributed by atoms with Crippen LogP contribution in [0.5, 0.6) is 17.2 Å². The maximum absolute atomic E-state index is 12.1. The molecule has 1 aliphatic rings. The van der Waals surface area contributed by atoms with Crippen molar-refractivity contribution >= 4 is 11.8 Å². The fourth-order valence-electron chi connectivity index (χ4n) is 2.59. The molecule has 0 saturated heterocycles. The average molecular weight is 370 g/mol. The van der Waals surface area contributed by atoms with Gasteiger partial charge in [-0.3, -0.25) is 20.4 Å². The molecule has 0 bridgehead atoms. The molecule has 2 N–H and O–H groups in total. The maximum atomic E-state index is 12.1. The number of fused-ring (bicyclic) bond motifs is 1. The monoisotopic (exact) mass is 370 g/mol. The largest absolute Gasteiger partial charge is 0.485 e. The smallest absolute Gasteiger partial charge is 0.283 e. The number of rotatable bonds is 6. The van der Waals surface area contributed by atoms with E-state index in [2.05, 4.69) is 17.8 Å². The minimum absolute atomic E-state index is 0.0688. The highest BCUT2D eigenvalue weighted by Crippen LogP contribution is 2.30. The van der Waals surface area contributed by atoms with Crippen molar-refractivity contribution in [1.82, 2.24) is 10.9 Å². The number of para-hydroxylation sites is 2. The van der Waals surface area contributed by atoms with Crippen LogP contribution in [0.4, 0.5) is 0 Å². The lowest BCUT2D eigenvalue weighted by molar-refractivity contribution is -0.135. The van der Waals surface area contributed by atoms with Crippen molar-refractivity contribution in [3.63, 3.8) is 0 Å². The van der Waals surface area contributed by atoms with Gasteiger partial charge in [-0.15, -0.1) is 0 Å². The molecule has 7 heteroatoms. The zero-order valence-corrected chi connectivity index (χ0v) is 15.1. The van der Waals surface area contributed by atoms with Crippen molar-refractivity contribution in [3.05, 3.63) is 54.1 Å². The van der Waals surface area contributed by atoms with E-state index in [1.807, 2.05) is 30.3 Å². The molecule has 0 fully saturated rings. The van der Waals surface area contributed by atoms with Crippen LogP contribution in [0.15, 0.2) is 48.5 Å². The summed E-state index contributed by atoms with van der Waals surface area (Å²) in [4.78, 5) is 24.0. The van der Waals surface area contributed by atoms with Crippen molar-refractivity contribution in [1.29, 1.82) is 0 Å². The number of amides is 2. The Morgan fingerprint density at radius 2 is 1.81 bits per heavy atom. The van der Waals surface area contributed by atoms with Crippen molar-refractivity contribution in [2.45, 2.75) is 25.9 Å². The number of ether oxygens (including phenoxy) is 3. The van der Waals surface area contributed by atoms with Gasteiger partial charge >= 0.3 is 0 Å². The SMILES string of the molecule is CCCc1ccc(OCC(=O)NNC(=O)C2COc3ccccc3O2)cc1. The number of nitrogens with one attached hydrogen (secondary N) is 2. The first kappa shape index (κ1) is 18.6. The molecule has 0 radical (unpaired) electrons. The Labute approximate surface area is 157 Å². The van der Waals surface area contributed by atoms with Crippen LogP contribution in [-0.2, 0) is 16.0 Å². The number of aryl methyl sites for hydroxylation is 1. The van der Waals surface area contributed by atoms with E-state index in [0.717, 1.165) is 12.8 Å². The zero-order valence-electron chi connectivity index (χ0n) is 15.1. The number of hydrogen-bond acceptors (Lipinski definition) is 5. The van der Waals surface area contributed by atoms with Gasteiger partial charge in [0.2, 0.25) is 6.10 Å². The Hall–Kier alpha value is -3.22. The lowest BCUT2D eigenvalue weighted by atomic mass is 10.1. The Morgan fingerprint density at radius 1 is 1.07 bits per heavy atom. The van der Waals surface area contributed by atoms with E-state index in [1.54, 1.807) is 18.2 Å². The molecule has 0 spiro atoms. The molecule has 0 saturated carbocycles. The van der Waals surface area contributed by atoms with E-state index >= 15 is 0 Å². The highest BCUT2D eigenvalue weighted by atomic mass is 16.6. The quantitative estimate of drug-likeness (QED) is 0.760. The van der Waals surface area contributed by atoms with Gasteiger partial charge in [0.15, 0.2) is 18.1 Å². The molecular weight excluding hydrogens is 348 g/mol. The number of benzene rings is 2. The number of carbonyl (C=O) groups is 2. The molecule has 142 valence electrons. The molecule has 2 amide bonds. The molecule has 1 unspecified atom stereocenters. The first-order valence-electron chi connectivity index (χ1n) is 8.84. The van der Waals surface area contributed by atoms with Crippen LogP contribution in [0.25, 0.3) is 0 Å². The third kappa shape index (κ3) is 5.13. The first-order valence-corrected chi connectivity index (χ1v) is 8.84. The predicted molar refractivity (Wildman–Crippen MR) is 98.6 cm³/mol. The molecule has 2 aromatic carbocycles. The van der Waals surface area contributed by atoms with Crippen molar-refractivity contribution in [2.24, 2.45) is 0 Å². The van der Waals surface area contributed by atoms with Gasteiger partial charge in [0.05, 0.1) is 0 Å². The molecular formula is C20H22N2O5. The van der Waals surface area contributed by atoms with E-state index in [4.69, 9.17) is 14.2 Å². The van der Waals surface area contributed by atoms with Gasteiger partial charge in [-0.05, 0) is 36.2 Å². The summed E-state index contributed by atoms with van der Waals surface area (Å²) < 4.78 is 16.4. The van der Waals surface area contributed by atoms with Crippen molar-refractivity contribution in [3.8, 4) is 17.2 Å². The molecule has 1 heterocycles. The standard InChI is InChI=1S/C20H22N2O5/c1-2-5-14-8-10-15(11-9-14)25-13-19(23)21-22-20(24)18-12-26-16-6-3-4-7-17(16)27-18/h3-4,6-11,18H,2,5,12-13H2,1H3,(H,21,23)(H,22,24). The molecule has 27 heavy (non-hydrogen) atoms. The number of hydrogen-bond donors (Lipinski definition) is 2. The van der Waals surface area contributed by atoms with Crippen molar-refractivity contribution < 1.29 is 23.8 Å². The van der Waals surface area contributed by atoms with Gasteiger partial charge in [-0.25, -0.2) is 0 Å². The third-order valence-electron chi connectivity index (χ3n) is 3.96. The van der Waals surface area contributed by atoms with Crippen LogP contribution in [0.3, 0.4) is 0 Å². The second-order valence-corrected chi connectivity index (χ2v) is 6.08. The third-order valence-corrected chi connectivity index (χ3v) is 3.96. The van der Waals surface area contributed by atoms with Crippen LogP contribution in [0, 0.1) is 0 Å². The number of carbonyl (C=O) groups excluding carboxylic acids is 2. The lowest BCUT2D eigenvalue weighted by Gasteiger charge is -2.25. The summed E-state index contributed by atoms with van der Waals surface area (Å²) >= 11 is 0. The van der Waals surface area contributed by atoms with Crippen molar-refractivity contribution in [2.75, 3.05) is 13.2 Å². The minimum Gasteiger partial charge on any atom is -0.485 e. The average Bonchev–Trinajstić information content (AvgIpc) is 2.71. The Bertz CT molecular complexity index is 791. The molecule has 7 nitrogen and oxygen atoms in total. The number of hydrazine groups is 1. The normalized spacial score (nSPS) is 14.9. The van der Waals surface area contributed by atoms with Crippen LogP contribution in [-0.4, -0.2) is 31.1 Å². The van der Waals surface area contributed by atoms with Gasteiger partial charge < -0.3 is 14.2 Å². The molecule has 1 aliphatic heterocycles. The van der Waals surface area contributed by atoms with Crippen LogP contribution in [0.1, 0.15) is 18.9 Å². The molecule has 0 aliphatic carbocycles. The predicted octanol–water partition coefficient (Wildman–Crippen LogP) is 2.01. The molecule has 0 aromatic heterocycles. The van der Waals surface area contributed by atoms with E-state index < -0.39 is 17.9 Å². The van der Waals surface area contributed by atoms with Gasteiger partial charge in [-0.2, -0.15) is 0 Å². The van der Waals surface area contributed by atoms with Crippen LogP contribution in [0.2, 0.25) is 0 Å². The summed E-state index contributed by atoms with van der Waals surface area (Å²) in [7, 11) is 0. The summed E-state index contributed by atoms with van der Waals surface area (Å²) in [6.07, 6.45) is 1.24. The lowest BCUT2D eigenvalue weighted by Crippen LogP contribution is -2.51. The van der Waals surface area contributed by atoms with E-state index in [1.165, 1.54) is 5.56 Å². The van der Waals surface area contributed by atoms with Crippen LogP contribution < -0.4 is 25.1 Å². The van der Waals surface area contributed by atoms with Gasteiger partial charge in [0.25, 0.3) is 11.8 Å². The summed E-state index contributed by atoms with van der Waals surface area (Å²) in [6, 6.07) is 14.7. The summed E-state index contributed by atoms with van der Waals surface area (Å²) in [6.45, 7) is 1.98. The highest BCUT2D eigenvalue weighted by Gasteiger charge is 2.27. The van der Waals surface area contributed by atoms with E-state index in [-0.39, 0.29) is 13.2 Å². The Morgan fingerprint density at radius 3 is 2.56 bits per heavy atom. The second kappa shape index (κ2) is 8.93. The summed E-state index contributed by atoms with van der Waals surface area (Å²) in [5, 5.41) is 0. The van der Waals surface area contributed by atoms with Gasteiger partial charge in [0.1, 0.15) is 12.4 Å². The topological polar surface area (TPSA) is 85.9 Å². The fraction of sp³-hybridized carbons (Fsp3) is 0.300.